The monoisotopic (exact) mass is 455 g/mol. The highest BCUT2D eigenvalue weighted by Crippen LogP contribution is 2.42. The van der Waals surface area contributed by atoms with Crippen LogP contribution in [0.25, 0.3) is 5.76 Å². The summed E-state index contributed by atoms with van der Waals surface area (Å²) in [7, 11) is 0. The van der Waals surface area contributed by atoms with Crippen molar-refractivity contribution < 1.29 is 28.2 Å². The molecule has 1 unspecified atom stereocenters. The molecular weight excluding hydrogens is 437 g/mol. The van der Waals surface area contributed by atoms with E-state index < -0.39 is 29.3 Å². The number of aliphatic hydroxyl groups is 1. The Morgan fingerprint density at radius 1 is 1.19 bits per heavy atom. The lowest BCUT2D eigenvalue weighted by Gasteiger charge is -2.23. The van der Waals surface area contributed by atoms with Gasteiger partial charge in [0.05, 0.1) is 23.5 Å². The maximum atomic E-state index is 13.3. The molecular formula is C24H19ClFNO5. The summed E-state index contributed by atoms with van der Waals surface area (Å²) >= 11 is 6.29. The fourth-order valence-corrected chi connectivity index (χ4v) is 3.87. The zero-order valence-electron chi connectivity index (χ0n) is 17.0. The van der Waals surface area contributed by atoms with Crippen molar-refractivity contribution in [3.8, 4) is 5.75 Å². The molecule has 0 radical (unpaired) electrons. The van der Waals surface area contributed by atoms with Crippen LogP contribution in [-0.4, -0.2) is 28.3 Å². The molecule has 8 heteroatoms. The van der Waals surface area contributed by atoms with Gasteiger partial charge < -0.3 is 19.2 Å². The van der Waals surface area contributed by atoms with Crippen molar-refractivity contribution in [2.45, 2.75) is 19.5 Å². The highest BCUT2D eigenvalue weighted by atomic mass is 35.5. The lowest BCUT2D eigenvalue weighted by molar-refractivity contribution is -0.140. The first-order valence-corrected chi connectivity index (χ1v) is 10.3. The van der Waals surface area contributed by atoms with E-state index in [1.807, 2.05) is 6.92 Å². The number of ketones is 1. The van der Waals surface area contributed by atoms with E-state index >= 15 is 0 Å². The first kappa shape index (κ1) is 21.6. The molecule has 3 aromatic rings. The van der Waals surface area contributed by atoms with Gasteiger partial charge in [-0.1, -0.05) is 23.7 Å². The van der Waals surface area contributed by atoms with Gasteiger partial charge in [-0.05, 0) is 55.0 Å². The van der Waals surface area contributed by atoms with E-state index in [0.29, 0.717) is 23.7 Å². The van der Waals surface area contributed by atoms with Gasteiger partial charge in [0.2, 0.25) is 0 Å². The molecule has 0 spiro atoms. The molecule has 1 aliphatic rings. The van der Waals surface area contributed by atoms with Gasteiger partial charge in [-0.15, -0.1) is 0 Å². The number of Topliss-reactive ketones (excluding diaryl/α,β-unsaturated/α-hetero) is 1. The summed E-state index contributed by atoms with van der Waals surface area (Å²) < 4.78 is 24.3. The minimum Gasteiger partial charge on any atom is -0.507 e. The molecule has 1 aromatic heterocycles. The summed E-state index contributed by atoms with van der Waals surface area (Å²) in [5, 5.41) is 11.3. The SMILES string of the molecule is CCOc1ccc(Cl)c(/C(O)=C2/C(=O)C(=O)N(Cc3ccc(F)cc3)C2c2ccco2)c1. The van der Waals surface area contributed by atoms with Crippen LogP contribution < -0.4 is 4.74 Å². The van der Waals surface area contributed by atoms with Crippen LogP contribution in [0, 0.1) is 5.82 Å². The van der Waals surface area contributed by atoms with Crippen molar-refractivity contribution in [1.82, 2.24) is 4.90 Å². The maximum absolute atomic E-state index is 13.3. The molecule has 1 amide bonds. The Balaban J connectivity index is 1.83. The molecule has 0 aliphatic carbocycles. The first-order chi connectivity index (χ1) is 15.4. The highest BCUT2D eigenvalue weighted by molar-refractivity contribution is 6.46. The number of carbonyl (C=O) groups is 2. The number of likely N-dealkylation sites (tertiary alicyclic amines) is 1. The molecule has 1 fully saturated rings. The van der Waals surface area contributed by atoms with Crippen molar-refractivity contribution in [3.05, 3.63) is 94.2 Å². The molecule has 6 nitrogen and oxygen atoms in total. The van der Waals surface area contributed by atoms with Gasteiger partial charge in [-0.2, -0.15) is 0 Å². The minimum atomic E-state index is -0.984. The summed E-state index contributed by atoms with van der Waals surface area (Å²) in [5.41, 5.74) is 0.623. The van der Waals surface area contributed by atoms with Gasteiger partial charge in [0.15, 0.2) is 0 Å². The molecule has 1 atom stereocenters. The maximum Gasteiger partial charge on any atom is 0.296 e. The Labute approximate surface area is 188 Å². The largest absolute Gasteiger partial charge is 0.507 e. The van der Waals surface area contributed by atoms with Crippen LogP contribution in [0.2, 0.25) is 5.02 Å². The van der Waals surface area contributed by atoms with Crippen molar-refractivity contribution in [2.24, 2.45) is 0 Å². The summed E-state index contributed by atoms with van der Waals surface area (Å²) in [6, 6.07) is 12.5. The quantitative estimate of drug-likeness (QED) is 0.318. The fourth-order valence-electron chi connectivity index (χ4n) is 3.66. The number of carbonyl (C=O) groups excluding carboxylic acids is 2. The Kier molecular flexibility index (Phi) is 6.01. The summed E-state index contributed by atoms with van der Waals surface area (Å²) in [4.78, 5) is 27.2. The van der Waals surface area contributed by atoms with Crippen LogP contribution in [0.15, 0.2) is 70.9 Å². The third-order valence-electron chi connectivity index (χ3n) is 5.12. The Hall–Kier alpha value is -3.58. The first-order valence-electron chi connectivity index (χ1n) is 9.89. The van der Waals surface area contributed by atoms with Crippen LogP contribution in [0.3, 0.4) is 0 Å². The zero-order chi connectivity index (χ0) is 22.8. The summed E-state index contributed by atoms with van der Waals surface area (Å²) in [6.45, 7) is 2.22. The zero-order valence-corrected chi connectivity index (χ0v) is 17.8. The van der Waals surface area contributed by atoms with Gasteiger partial charge in [-0.25, -0.2) is 4.39 Å². The van der Waals surface area contributed by atoms with Crippen LogP contribution >= 0.6 is 11.6 Å². The van der Waals surface area contributed by atoms with E-state index in [1.165, 1.54) is 47.6 Å². The predicted molar refractivity (Wildman–Crippen MR) is 116 cm³/mol. The van der Waals surface area contributed by atoms with Crippen LogP contribution in [0.1, 0.15) is 29.9 Å². The molecule has 1 aliphatic heterocycles. The standard InChI is InChI=1S/C24H19ClFNO5/c1-2-31-16-9-10-18(25)17(12-16)22(28)20-21(19-4-3-11-32-19)27(24(30)23(20)29)13-14-5-7-15(26)8-6-14/h3-12,21,28H,2,13H2,1H3/b22-20-. The highest BCUT2D eigenvalue weighted by Gasteiger charge is 2.47. The number of furan rings is 1. The van der Waals surface area contributed by atoms with Gasteiger partial charge in [0.1, 0.15) is 29.1 Å². The Morgan fingerprint density at radius 2 is 1.94 bits per heavy atom. The summed E-state index contributed by atoms with van der Waals surface area (Å²) in [6.07, 6.45) is 1.41. The number of hydrogen-bond acceptors (Lipinski definition) is 5. The average Bonchev–Trinajstić information content (AvgIpc) is 3.39. The number of aliphatic hydroxyl groups excluding tert-OH is 1. The third-order valence-corrected chi connectivity index (χ3v) is 5.45. The molecule has 0 bridgehead atoms. The van der Waals surface area contributed by atoms with Gasteiger partial charge >= 0.3 is 0 Å². The molecule has 1 N–H and O–H groups in total. The number of halogens is 2. The lowest BCUT2D eigenvalue weighted by atomic mass is 9.99. The molecule has 2 heterocycles. The fraction of sp³-hybridized carbons (Fsp3) is 0.167. The number of rotatable bonds is 6. The smallest absolute Gasteiger partial charge is 0.296 e. The summed E-state index contributed by atoms with van der Waals surface area (Å²) in [5.74, 6) is -1.78. The van der Waals surface area contributed by atoms with Crippen LogP contribution in [0.5, 0.6) is 5.75 Å². The number of nitrogens with zero attached hydrogens (tertiary/aromatic N) is 1. The number of amides is 1. The molecule has 2 aromatic carbocycles. The van der Waals surface area contributed by atoms with Gasteiger partial charge in [-0.3, -0.25) is 9.59 Å². The molecule has 1 saturated heterocycles. The topological polar surface area (TPSA) is 80.0 Å². The van der Waals surface area contributed by atoms with Gasteiger partial charge in [0.25, 0.3) is 11.7 Å². The number of hydrogen-bond donors (Lipinski definition) is 1. The van der Waals surface area contributed by atoms with E-state index in [2.05, 4.69) is 0 Å². The second-order valence-electron chi connectivity index (χ2n) is 7.14. The van der Waals surface area contributed by atoms with E-state index in [4.69, 9.17) is 20.8 Å². The second-order valence-corrected chi connectivity index (χ2v) is 7.55. The molecule has 4 rings (SSSR count). The van der Waals surface area contributed by atoms with Crippen molar-refractivity contribution in [2.75, 3.05) is 6.61 Å². The van der Waals surface area contributed by atoms with E-state index in [0.717, 1.165) is 0 Å². The van der Waals surface area contributed by atoms with Crippen molar-refractivity contribution >= 4 is 29.1 Å². The molecule has 32 heavy (non-hydrogen) atoms. The Bertz CT molecular complexity index is 1190. The predicted octanol–water partition coefficient (Wildman–Crippen LogP) is 5.09. The number of ether oxygens (including phenoxy) is 1. The van der Waals surface area contributed by atoms with Crippen LogP contribution in [0.4, 0.5) is 4.39 Å². The van der Waals surface area contributed by atoms with E-state index in [-0.39, 0.29) is 22.7 Å². The number of benzene rings is 2. The Morgan fingerprint density at radius 3 is 2.59 bits per heavy atom. The van der Waals surface area contributed by atoms with Crippen molar-refractivity contribution in [3.63, 3.8) is 0 Å². The molecule has 0 saturated carbocycles. The van der Waals surface area contributed by atoms with E-state index in [1.54, 1.807) is 18.2 Å². The van der Waals surface area contributed by atoms with Crippen LogP contribution in [-0.2, 0) is 16.1 Å². The van der Waals surface area contributed by atoms with Gasteiger partial charge in [0, 0.05) is 12.1 Å². The third kappa shape index (κ3) is 3.99. The minimum absolute atomic E-state index is 0.0136. The lowest BCUT2D eigenvalue weighted by Crippen LogP contribution is -2.29. The average molecular weight is 456 g/mol. The van der Waals surface area contributed by atoms with Crippen molar-refractivity contribution in [1.29, 1.82) is 0 Å². The van der Waals surface area contributed by atoms with E-state index in [9.17, 15) is 19.1 Å². The normalized spacial score (nSPS) is 17.7. The second kappa shape index (κ2) is 8.88. The molecule has 164 valence electrons.